The molecule has 0 radical (unpaired) electrons. The molecule has 0 aromatic heterocycles. The maximum Gasteiger partial charge on any atom is 0.387 e. The Morgan fingerprint density at radius 3 is 2.05 bits per heavy atom. The zero-order chi connectivity index (χ0) is 15.9. The number of hydrogen-bond acceptors (Lipinski definition) is 4. The minimum atomic E-state index is -2.83. The molecular weight excluding hydrogens is 292 g/mol. The fourth-order valence-electron chi connectivity index (χ4n) is 1.97. The van der Waals surface area contributed by atoms with Crippen LogP contribution in [0, 0.1) is 0 Å². The summed E-state index contributed by atoms with van der Waals surface area (Å²) in [4.78, 5) is 4.66. The molecule has 6 heteroatoms. The summed E-state index contributed by atoms with van der Waals surface area (Å²) >= 11 is 0. The number of aliphatic hydroxyl groups is 1. The van der Waals surface area contributed by atoms with Crippen LogP contribution in [0.2, 0.25) is 0 Å². The first kappa shape index (κ1) is 15.9. The highest BCUT2D eigenvalue weighted by Crippen LogP contribution is 2.23. The second-order valence-corrected chi connectivity index (χ2v) is 4.36. The molecule has 0 atom stereocenters. The SMILES string of the molecule is CO/N=C(\CO)c1ccc(-c2ccc(OC(F)F)cc2)cc1. The molecule has 0 aliphatic rings. The van der Waals surface area contributed by atoms with Gasteiger partial charge in [0.15, 0.2) is 0 Å². The lowest BCUT2D eigenvalue weighted by Gasteiger charge is -2.07. The Morgan fingerprint density at radius 2 is 1.59 bits per heavy atom. The summed E-state index contributed by atoms with van der Waals surface area (Å²) in [5.41, 5.74) is 2.94. The van der Waals surface area contributed by atoms with E-state index >= 15 is 0 Å². The largest absolute Gasteiger partial charge is 0.435 e. The predicted molar refractivity (Wildman–Crippen MR) is 79.1 cm³/mol. The molecule has 4 nitrogen and oxygen atoms in total. The number of hydrogen-bond donors (Lipinski definition) is 1. The molecule has 1 N–H and O–H groups in total. The lowest BCUT2D eigenvalue weighted by Crippen LogP contribution is -2.06. The van der Waals surface area contributed by atoms with E-state index in [1.54, 1.807) is 24.3 Å². The number of halogens is 2. The number of nitrogens with zero attached hydrogens (tertiary/aromatic N) is 1. The van der Waals surface area contributed by atoms with Gasteiger partial charge in [-0.1, -0.05) is 41.6 Å². The van der Waals surface area contributed by atoms with E-state index < -0.39 is 6.61 Å². The van der Waals surface area contributed by atoms with Gasteiger partial charge in [0.2, 0.25) is 0 Å². The van der Waals surface area contributed by atoms with Crippen molar-refractivity contribution >= 4 is 5.71 Å². The smallest absolute Gasteiger partial charge is 0.387 e. The van der Waals surface area contributed by atoms with Crippen molar-refractivity contribution in [3.05, 3.63) is 54.1 Å². The minimum Gasteiger partial charge on any atom is -0.435 e. The van der Waals surface area contributed by atoms with Crippen LogP contribution in [0.15, 0.2) is 53.7 Å². The van der Waals surface area contributed by atoms with Crippen LogP contribution in [-0.4, -0.2) is 31.1 Å². The third kappa shape index (κ3) is 4.02. The number of rotatable bonds is 6. The molecule has 0 aliphatic carbocycles. The van der Waals surface area contributed by atoms with Gasteiger partial charge in [-0.05, 0) is 23.3 Å². The highest BCUT2D eigenvalue weighted by atomic mass is 19.3. The molecule has 22 heavy (non-hydrogen) atoms. The van der Waals surface area contributed by atoms with E-state index in [0.717, 1.165) is 16.7 Å². The van der Waals surface area contributed by atoms with Crippen molar-refractivity contribution in [3.8, 4) is 16.9 Å². The summed E-state index contributed by atoms with van der Waals surface area (Å²) in [6.07, 6.45) is 0. The van der Waals surface area contributed by atoms with Crippen LogP contribution in [0.5, 0.6) is 5.75 Å². The maximum absolute atomic E-state index is 12.1. The average molecular weight is 307 g/mol. The van der Waals surface area contributed by atoms with Gasteiger partial charge in [0.1, 0.15) is 18.6 Å². The highest BCUT2D eigenvalue weighted by molar-refractivity contribution is 6.01. The number of alkyl halides is 2. The van der Waals surface area contributed by atoms with E-state index in [9.17, 15) is 13.9 Å². The molecule has 0 heterocycles. The second-order valence-electron chi connectivity index (χ2n) is 4.36. The summed E-state index contributed by atoms with van der Waals surface area (Å²) in [5.74, 6) is 0.116. The van der Waals surface area contributed by atoms with Gasteiger partial charge >= 0.3 is 6.61 Å². The molecule has 0 fully saturated rings. The topological polar surface area (TPSA) is 51.0 Å². The van der Waals surface area contributed by atoms with Gasteiger partial charge in [0.05, 0.1) is 6.61 Å². The molecule has 2 aromatic carbocycles. The predicted octanol–water partition coefficient (Wildman–Crippen LogP) is 3.30. The van der Waals surface area contributed by atoms with Crippen LogP contribution in [0.1, 0.15) is 5.56 Å². The van der Waals surface area contributed by atoms with E-state index in [1.165, 1.54) is 19.2 Å². The molecule has 0 spiro atoms. The molecule has 2 rings (SSSR count). The van der Waals surface area contributed by atoms with Crippen LogP contribution in [-0.2, 0) is 4.84 Å². The van der Waals surface area contributed by atoms with E-state index in [0.29, 0.717) is 5.71 Å². The second kappa shape index (κ2) is 7.51. The van der Waals surface area contributed by atoms with E-state index in [2.05, 4.69) is 14.7 Å². The summed E-state index contributed by atoms with van der Waals surface area (Å²) in [6, 6.07) is 13.7. The third-order valence-electron chi connectivity index (χ3n) is 2.98. The van der Waals surface area contributed by atoms with Crippen molar-refractivity contribution in [2.75, 3.05) is 13.7 Å². The standard InChI is InChI=1S/C16H15F2NO3/c1-21-19-15(10-20)13-4-2-11(3-5-13)12-6-8-14(9-7-12)22-16(17)18/h2-9,16,20H,10H2,1H3/b19-15+. The summed E-state index contributed by atoms with van der Waals surface area (Å²) in [7, 11) is 1.41. The quantitative estimate of drug-likeness (QED) is 0.658. The van der Waals surface area contributed by atoms with Gasteiger partial charge in [-0.3, -0.25) is 0 Å². The Balaban J connectivity index is 2.18. The van der Waals surface area contributed by atoms with Crippen LogP contribution in [0.3, 0.4) is 0 Å². The average Bonchev–Trinajstić information content (AvgIpc) is 2.53. The molecule has 0 amide bonds. The molecule has 0 unspecified atom stereocenters. The van der Waals surface area contributed by atoms with E-state index in [4.69, 9.17) is 0 Å². The molecule has 0 saturated carbocycles. The number of oxime groups is 1. The van der Waals surface area contributed by atoms with Crippen LogP contribution in [0.25, 0.3) is 11.1 Å². The highest BCUT2D eigenvalue weighted by Gasteiger charge is 2.06. The Hall–Kier alpha value is -2.47. The number of aliphatic hydroxyl groups excluding tert-OH is 1. The van der Waals surface area contributed by atoms with Gasteiger partial charge in [0.25, 0.3) is 0 Å². The van der Waals surface area contributed by atoms with Gasteiger partial charge in [-0.2, -0.15) is 8.78 Å². The maximum atomic E-state index is 12.1. The lowest BCUT2D eigenvalue weighted by molar-refractivity contribution is -0.0498. The first-order valence-corrected chi connectivity index (χ1v) is 6.50. The van der Waals surface area contributed by atoms with E-state index in [1.807, 2.05) is 12.1 Å². The van der Waals surface area contributed by atoms with Crippen molar-refractivity contribution < 1.29 is 23.5 Å². The number of ether oxygens (including phenoxy) is 1. The van der Waals surface area contributed by atoms with Gasteiger partial charge in [0, 0.05) is 5.56 Å². The van der Waals surface area contributed by atoms with Crippen molar-refractivity contribution in [1.29, 1.82) is 0 Å². The fourth-order valence-corrected chi connectivity index (χ4v) is 1.97. The minimum absolute atomic E-state index is 0.116. The monoisotopic (exact) mass is 307 g/mol. The zero-order valence-corrected chi connectivity index (χ0v) is 11.9. The van der Waals surface area contributed by atoms with Crippen molar-refractivity contribution in [1.82, 2.24) is 0 Å². The molecule has 0 aliphatic heterocycles. The summed E-state index contributed by atoms with van der Waals surface area (Å²) < 4.78 is 28.5. The first-order chi connectivity index (χ1) is 10.6. The molecule has 2 aromatic rings. The van der Waals surface area contributed by atoms with Gasteiger partial charge < -0.3 is 14.7 Å². The Kier molecular flexibility index (Phi) is 5.43. The molecular formula is C16H15F2NO3. The van der Waals surface area contributed by atoms with Crippen molar-refractivity contribution in [3.63, 3.8) is 0 Å². The summed E-state index contributed by atoms with van der Waals surface area (Å²) in [6.45, 7) is -3.06. The zero-order valence-electron chi connectivity index (χ0n) is 11.9. The van der Waals surface area contributed by atoms with Crippen LogP contribution >= 0.6 is 0 Å². The van der Waals surface area contributed by atoms with Gasteiger partial charge in [-0.15, -0.1) is 0 Å². The fraction of sp³-hybridized carbons (Fsp3) is 0.188. The first-order valence-electron chi connectivity index (χ1n) is 6.50. The van der Waals surface area contributed by atoms with Crippen molar-refractivity contribution in [2.45, 2.75) is 6.61 Å². The Labute approximate surface area is 126 Å². The summed E-state index contributed by atoms with van der Waals surface area (Å²) in [5, 5.41) is 12.9. The Morgan fingerprint density at radius 1 is 1.05 bits per heavy atom. The number of benzene rings is 2. The molecule has 0 bridgehead atoms. The molecule has 0 saturated heterocycles. The lowest BCUT2D eigenvalue weighted by atomic mass is 10.0. The normalized spacial score (nSPS) is 11.6. The molecule has 116 valence electrons. The van der Waals surface area contributed by atoms with E-state index in [-0.39, 0.29) is 12.4 Å². The third-order valence-corrected chi connectivity index (χ3v) is 2.98. The van der Waals surface area contributed by atoms with Crippen LogP contribution in [0.4, 0.5) is 8.78 Å². The van der Waals surface area contributed by atoms with Gasteiger partial charge in [-0.25, -0.2) is 0 Å². The van der Waals surface area contributed by atoms with Crippen LogP contribution < -0.4 is 4.74 Å². The Bertz CT molecular complexity index is 625. The van der Waals surface area contributed by atoms with Crippen molar-refractivity contribution in [2.24, 2.45) is 5.16 Å².